The van der Waals surface area contributed by atoms with Gasteiger partial charge < -0.3 is 15.5 Å². The maximum absolute atomic E-state index is 12.0. The van der Waals surface area contributed by atoms with E-state index in [1.54, 1.807) is 18.2 Å². The average molecular weight is 439 g/mol. The highest BCUT2D eigenvalue weighted by atomic mass is 79.9. The number of hydrogen-bond acceptors (Lipinski definition) is 3. The van der Waals surface area contributed by atoms with E-state index < -0.39 is 0 Å². The first kappa shape index (κ1) is 13.6. The molecule has 94 valence electrons. The van der Waals surface area contributed by atoms with Gasteiger partial charge in [0.2, 0.25) is 0 Å². The Morgan fingerprint density at radius 3 is 2.56 bits per heavy atom. The van der Waals surface area contributed by atoms with Crippen molar-refractivity contribution in [2.75, 3.05) is 11.1 Å². The second kappa shape index (κ2) is 5.46. The van der Waals surface area contributed by atoms with Gasteiger partial charge in [-0.1, -0.05) is 15.9 Å². The number of furan rings is 1. The molecule has 0 radical (unpaired) electrons. The van der Waals surface area contributed by atoms with Crippen LogP contribution < -0.4 is 11.1 Å². The fourth-order valence-corrected chi connectivity index (χ4v) is 3.14. The summed E-state index contributed by atoms with van der Waals surface area (Å²) in [5, 5.41) is 2.73. The van der Waals surface area contributed by atoms with Crippen LogP contribution in [0.4, 0.5) is 11.4 Å². The number of rotatable bonds is 2. The van der Waals surface area contributed by atoms with Crippen LogP contribution in [0, 0.1) is 0 Å². The van der Waals surface area contributed by atoms with Crippen LogP contribution in [-0.4, -0.2) is 5.91 Å². The monoisotopic (exact) mass is 436 g/mol. The second-order valence-corrected chi connectivity index (χ2v) is 5.90. The van der Waals surface area contributed by atoms with E-state index in [0.29, 0.717) is 26.1 Å². The molecule has 0 fully saturated rings. The predicted molar refractivity (Wildman–Crippen MR) is 80.6 cm³/mol. The number of hydrogen-bond donors (Lipinski definition) is 2. The summed E-state index contributed by atoms with van der Waals surface area (Å²) in [6.45, 7) is 0. The highest BCUT2D eigenvalue weighted by Crippen LogP contribution is 2.33. The van der Waals surface area contributed by atoms with E-state index in [-0.39, 0.29) is 5.91 Å². The lowest BCUT2D eigenvalue weighted by atomic mass is 10.2. The van der Waals surface area contributed by atoms with Gasteiger partial charge in [0.15, 0.2) is 4.67 Å². The molecular formula is C11H7Br3N2O2. The minimum absolute atomic E-state index is 0.301. The summed E-state index contributed by atoms with van der Waals surface area (Å²) in [7, 11) is 0. The van der Waals surface area contributed by atoms with E-state index in [4.69, 9.17) is 10.2 Å². The van der Waals surface area contributed by atoms with E-state index in [2.05, 4.69) is 53.1 Å². The molecule has 0 saturated carbocycles. The molecule has 0 saturated heterocycles. The Kier molecular flexibility index (Phi) is 4.14. The lowest BCUT2D eigenvalue weighted by Crippen LogP contribution is -2.13. The van der Waals surface area contributed by atoms with Crippen molar-refractivity contribution >= 4 is 65.1 Å². The van der Waals surface area contributed by atoms with Crippen LogP contribution in [0.1, 0.15) is 10.4 Å². The predicted octanol–water partition coefficient (Wildman–Crippen LogP) is 4.40. The van der Waals surface area contributed by atoms with Crippen LogP contribution in [0.15, 0.2) is 42.5 Å². The number of nitrogen functional groups attached to an aromatic ring is 1. The van der Waals surface area contributed by atoms with Gasteiger partial charge in [-0.3, -0.25) is 4.79 Å². The number of carbonyl (C=O) groups is 1. The Labute approximate surface area is 128 Å². The molecule has 0 bridgehead atoms. The Bertz CT molecular complexity index is 587. The second-order valence-electron chi connectivity index (χ2n) is 3.41. The van der Waals surface area contributed by atoms with Crippen molar-refractivity contribution in [3.8, 4) is 0 Å². The van der Waals surface area contributed by atoms with Crippen molar-refractivity contribution in [2.24, 2.45) is 0 Å². The zero-order valence-corrected chi connectivity index (χ0v) is 13.6. The molecule has 0 aliphatic heterocycles. The first-order valence-electron chi connectivity index (χ1n) is 4.78. The number of benzene rings is 1. The standard InChI is InChI=1S/C11H7Br3N2O2/c12-5-3-7(13)9(8(15)4-5)16-11(17)6-1-2-18-10(6)14/h1-4H,15H2,(H,16,17). The average Bonchev–Trinajstić information content (AvgIpc) is 2.69. The molecule has 1 amide bonds. The maximum atomic E-state index is 12.0. The third-order valence-electron chi connectivity index (χ3n) is 2.19. The van der Waals surface area contributed by atoms with E-state index >= 15 is 0 Å². The van der Waals surface area contributed by atoms with Crippen molar-refractivity contribution in [3.05, 3.63) is 43.6 Å². The first-order valence-corrected chi connectivity index (χ1v) is 7.16. The molecule has 2 aromatic rings. The highest BCUT2D eigenvalue weighted by Gasteiger charge is 2.15. The Hall–Kier alpha value is -0.790. The number of nitrogens with one attached hydrogen (secondary N) is 1. The van der Waals surface area contributed by atoms with E-state index in [1.165, 1.54) is 6.26 Å². The zero-order chi connectivity index (χ0) is 13.3. The van der Waals surface area contributed by atoms with Gasteiger partial charge in [0.25, 0.3) is 5.91 Å². The molecule has 3 N–H and O–H groups in total. The topological polar surface area (TPSA) is 68.3 Å². The summed E-state index contributed by atoms with van der Waals surface area (Å²) in [5.41, 5.74) is 7.25. The van der Waals surface area contributed by atoms with Gasteiger partial charge >= 0.3 is 0 Å². The molecule has 7 heteroatoms. The van der Waals surface area contributed by atoms with Crippen molar-refractivity contribution in [1.29, 1.82) is 0 Å². The molecule has 4 nitrogen and oxygen atoms in total. The molecule has 0 aliphatic rings. The fraction of sp³-hybridized carbons (Fsp3) is 0. The maximum Gasteiger partial charge on any atom is 0.260 e. The van der Waals surface area contributed by atoms with E-state index in [1.807, 2.05) is 0 Å². The molecule has 0 spiro atoms. The van der Waals surface area contributed by atoms with Gasteiger partial charge in [0.05, 0.1) is 23.2 Å². The Morgan fingerprint density at radius 2 is 2.00 bits per heavy atom. The van der Waals surface area contributed by atoms with Gasteiger partial charge in [0, 0.05) is 8.95 Å². The van der Waals surface area contributed by atoms with Gasteiger partial charge in [-0.05, 0) is 50.1 Å². The van der Waals surface area contributed by atoms with Crippen LogP contribution >= 0.6 is 47.8 Å². The van der Waals surface area contributed by atoms with Crippen LogP contribution in [0.5, 0.6) is 0 Å². The number of amides is 1. The van der Waals surface area contributed by atoms with Gasteiger partial charge in [-0.15, -0.1) is 0 Å². The van der Waals surface area contributed by atoms with E-state index in [0.717, 1.165) is 4.47 Å². The summed E-state index contributed by atoms with van der Waals surface area (Å²) in [6.07, 6.45) is 1.43. The van der Waals surface area contributed by atoms with Crippen LogP contribution in [0.3, 0.4) is 0 Å². The first-order chi connectivity index (χ1) is 8.49. The molecule has 1 heterocycles. The quantitative estimate of drug-likeness (QED) is 0.683. The smallest absolute Gasteiger partial charge is 0.260 e. The van der Waals surface area contributed by atoms with Crippen molar-refractivity contribution < 1.29 is 9.21 Å². The molecule has 18 heavy (non-hydrogen) atoms. The summed E-state index contributed by atoms with van der Waals surface area (Å²) in [4.78, 5) is 12.0. The number of halogens is 3. The molecule has 0 aliphatic carbocycles. The largest absolute Gasteiger partial charge is 0.457 e. The molecular weight excluding hydrogens is 432 g/mol. The summed E-state index contributed by atoms with van der Waals surface area (Å²) < 4.78 is 6.91. The SMILES string of the molecule is Nc1cc(Br)cc(Br)c1NC(=O)c1ccoc1Br. The third-order valence-corrected chi connectivity index (χ3v) is 3.88. The molecule has 2 rings (SSSR count). The van der Waals surface area contributed by atoms with Gasteiger partial charge in [-0.2, -0.15) is 0 Å². The Morgan fingerprint density at radius 1 is 1.28 bits per heavy atom. The summed E-state index contributed by atoms with van der Waals surface area (Å²) in [6, 6.07) is 5.09. The molecule has 1 aromatic carbocycles. The van der Waals surface area contributed by atoms with E-state index in [9.17, 15) is 4.79 Å². The molecule has 0 unspecified atom stereocenters. The lowest BCUT2D eigenvalue weighted by molar-refractivity contribution is 0.102. The van der Waals surface area contributed by atoms with Crippen LogP contribution in [0.2, 0.25) is 0 Å². The van der Waals surface area contributed by atoms with Crippen LogP contribution in [-0.2, 0) is 0 Å². The number of anilines is 2. The van der Waals surface area contributed by atoms with Gasteiger partial charge in [-0.25, -0.2) is 0 Å². The summed E-state index contributed by atoms with van der Waals surface area (Å²) >= 11 is 9.82. The highest BCUT2D eigenvalue weighted by molar-refractivity contribution is 9.11. The Balaban J connectivity index is 2.31. The number of carbonyl (C=O) groups excluding carboxylic acids is 1. The van der Waals surface area contributed by atoms with Gasteiger partial charge in [0.1, 0.15) is 0 Å². The normalized spacial score (nSPS) is 10.4. The lowest BCUT2D eigenvalue weighted by Gasteiger charge is -2.10. The fourth-order valence-electron chi connectivity index (χ4n) is 1.36. The zero-order valence-electron chi connectivity index (χ0n) is 8.84. The van der Waals surface area contributed by atoms with Crippen LogP contribution in [0.25, 0.3) is 0 Å². The minimum atomic E-state index is -0.301. The molecule has 1 aromatic heterocycles. The van der Waals surface area contributed by atoms with Crippen molar-refractivity contribution in [1.82, 2.24) is 0 Å². The minimum Gasteiger partial charge on any atom is -0.457 e. The van der Waals surface area contributed by atoms with Crippen molar-refractivity contribution in [3.63, 3.8) is 0 Å². The third kappa shape index (κ3) is 2.78. The molecule has 0 atom stereocenters. The number of nitrogens with two attached hydrogens (primary N) is 1. The summed E-state index contributed by atoms with van der Waals surface area (Å²) in [5.74, 6) is -0.301. The van der Waals surface area contributed by atoms with Crippen molar-refractivity contribution in [2.45, 2.75) is 0 Å².